The molecule has 19 heavy (non-hydrogen) atoms. The first-order valence-corrected chi connectivity index (χ1v) is 5.42. The molecule has 0 fully saturated rings. The topological polar surface area (TPSA) is 90.0 Å². The Hall–Kier alpha value is -2.70. The lowest BCUT2D eigenvalue weighted by Crippen LogP contribution is -2.29. The molecule has 1 aromatic heterocycles. The number of anilines is 2. The molecule has 0 saturated heterocycles. The van der Waals surface area contributed by atoms with E-state index in [4.69, 9.17) is 5.73 Å². The molecule has 0 aliphatic heterocycles. The van der Waals surface area contributed by atoms with Crippen molar-refractivity contribution in [2.75, 3.05) is 11.1 Å². The number of amides is 1. The predicted molar refractivity (Wildman–Crippen MR) is 67.9 cm³/mol. The zero-order valence-electron chi connectivity index (χ0n) is 9.84. The molecule has 0 spiro atoms. The minimum Gasteiger partial charge on any atom is -0.397 e. The van der Waals surface area contributed by atoms with Crippen molar-refractivity contribution in [2.45, 2.75) is 6.54 Å². The summed E-state index contributed by atoms with van der Waals surface area (Å²) < 4.78 is 13.9. The number of hydrogen-bond acceptors (Lipinski definition) is 4. The number of nitrogen functional groups attached to an aromatic ring is 1. The van der Waals surface area contributed by atoms with Crippen LogP contribution in [0.3, 0.4) is 0 Å². The molecule has 1 heterocycles. The first kappa shape index (κ1) is 12.7. The van der Waals surface area contributed by atoms with Gasteiger partial charge in [0.15, 0.2) is 0 Å². The number of carbonyl (C=O) groups excluding carboxylic acids is 1. The fourth-order valence-corrected chi connectivity index (χ4v) is 1.47. The Morgan fingerprint density at radius 3 is 2.89 bits per heavy atom. The Balaban J connectivity index is 2.07. The Morgan fingerprint density at radius 2 is 2.21 bits per heavy atom. The molecule has 0 radical (unpaired) electrons. The van der Waals surface area contributed by atoms with Gasteiger partial charge in [0.1, 0.15) is 12.4 Å². The van der Waals surface area contributed by atoms with Gasteiger partial charge < -0.3 is 11.1 Å². The summed E-state index contributed by atoms with van der Waals surface area (Å²) in [5, 5.41) is 6.18. The van der Waals surface area contributed by atoms with E-state index in [2.05, 4.69) is 10.4 Å². The number of nitrogens with two attached hydrogens (primary N) is 1. The van der Waals surface area contributed by atoms with Gasteiger partial charge in [0.05, 0.1) is 11.9 Å². The maximum absolute atomic E-state index is 12.9. The second kappa shape index (κ2) is 5.30. The molecule has 3 N–H and O–H groups in total. The van der Waals surface area contributed by atoms with E-state index in [0.29, 0.717) is 5.69 Å². The highest BCUT2D eigenvalue weighted by Gasteiger charge is 2.06. The molecule has 0 unspecified atom stereocenters. The van der Waals surface area contributed by atoms with Crippen molar-refractivity contribution in [2.24, 2.45) is 0 Å². The summed E-state index contributed by atoms with van der Waals surface area (Å²) in [6.07, 6.45) is 1.27. The molecule has 2 aromatic rings. The maximum atomic E-state index is 12.9. The lowest BCUT2D eigenvalue weighted by Gasteiger charge is -2.06. The molecular formula is C12H11FN4O2. The van der Waals surface area contributed by atoms with E-state index < -0.39 is 17.3 Å². The number of hydrogen-bond donors (Lipinski definition) is 2. The highest BCUT2D eigenvalue weighted by molar-refractivity contribution is 5.90. The van der Waals surface area contributed by atoms with Gasteiger partial charge in [-0.2, -0.15) is 5.10 Å². The Kier molecular flexibility index (Phi) is 3.56. The highest BCUT2D eigenvalue weighted by atomic mass is 19.1. The molecule has 0 atom stereocenters. The molecule has 7 heteroatoms. The lowest BCUT2D eigenvalue weighted by atomic mass is 10.3. The summed E-state index contributed by atoms with van der Waals surface area (Å²) in [6, 6.07) is 6.62. The third-order valence-electron chi connectivity index (χ3n) is 2.29. The highest BCUT2D eigenvalue weighted by Crippen LogP contribution is 2.08. The summed E-state index contributed by atoms with van der Waals surface area (Å²) >= 11 is 0. The summed E-state index contributed by atoms with van der Waals surface area (Å²) in [6.45, 7) is -0.268. The average molecular weight is 262 g/mol. The van der Waals surface area contributed by atoms with Crippen molar-refractivity contribution in [1.29, 1.82) is 0 Å². The standard InChI is InChI=1S/C12H11FN4O2/c13-8-2-1-3-10(4-8)16-11(18)7-17-12(19)5-9(14)6-15-17/h1-6H,7,14H2,(H,16,18). The zero-order chi connectivity index (χ0) is 13.8. The van der Waals surface area contributed by atoms with E-state index >= 15 is 0 Å². The Labute approximate surface area is 107 Å². The van der Waals surface area contributed by atoms with Crippen LogP contribution < -0.4 is 16.6 Å². The van der Waals surface area contributed by atoms with Gasteiger partial charge in [-0.25, -0.2) is 9.07 Å². The van der Waals surface area contributed by atoms with Gasteiger partial charge in [-0.3, -0.25) is 9.59 Å². The van der Waals surface area contributed by atoms with E-state index in [1.807, 2.05) is 0 Å². The van der Waals surface area contributed by atoms with Gasteiger partial charge in [-0.1, -0.05) is 6.07 Å². The van der Waals surface area contributed by atoms with Crippen LogP contribution in [0.15, 0.2) is 41.3 Å². The van der Waals surface area contributed by atoms with Crippen LogP contribution in [0.25, 0.3) is 0 Å². The molecule has 0 saturated carbocycles. The monoisotopic (exact) mass is 262 g/mol. The minimum atomic E-state index is -0.482. The van der Waals surface area contributed by atoms with Crippen LogP contribution in [0.4, 0.5) is 15.8 Å². The fourth-order valence-electron chi connectivity index (χ4n) is 1.47. The van der Waals surface area contributed by atoms with Crippen molar-refractivity contribution in [3.63, 3.8) is 0 Å². The van der Waals surface area contributed by atoms with Crippen molar-refractivity contribution in [3.05, 3.63) is 52.7 Å². The Bertz CT molecular complexity index is 669. The minimum absolute atomic E-state index is 0.229. The molecule has 0 aliphatic rings. The average Bonchev–Trinajstić information content (AvgIpc) is 2.33. The van der Waals surface area contributed by atoms with Gasteiger partial charge in [0.25, 0.3) is 5.56 Å². The van der Waals surface area contributed by atoms with Gasteiger partial charge in [-0.05, 0) is 18.2 Å². The van der Waals surface area contributed by atoms with Crippen molar-refractivity contribution < 1.29 is 9.18 Å². The summed E-state index contributed by atoms with van der Waals surface area (Å²) in [4.78, 5) is 23.1. The van der Waals surface area contributed by atoms with E-state index in [0.717, 1.165) is 4.68 Å². The quantitative estimate of drug-likeness (QED) is 0.847. The molecule has 0 aliphatic carbocycles. The molecular weight excluding hydrogens is 251 g/mol. The van der Waals surface area contributed by atoms with Gasteiger partial charge >= 0.3 is 0 Å². The fraction of sp³-hybridized carbons (Fsp3) is 0.0833. The van der Waals surface area contributed by atoms with E-state index in [1.54, 1.807) is 6.07 Å². The number of carbonyl (C=O) groups is 1. The Morgan fingerprint density at radius 1 is 1.42 bits per heavy atom. The van der Waals surface area contributed by atoms with Crippen molar-refractivity contribution in [3.8, 4) is 0 Å². The number of aromatic nitrogens is 2. The second-order valence-corrected chi connectivity index (χ2v) is 3.84. The van der Waals surface area contributed by atoms with Gasteiger partial charge in [-0.15, -0.1) is 0 Å². The first-order valence-electron chi connectivity index (χ1n) is 5.42. The van der Waals surface area contributed by atoms with Crippen LogP contribution >= 0.6 is 0 Å². The lowest BCUT2D eigenvalue weighted by molar-refractivity contribution is -0.117. The predicted octanol–water partition coefficient (Wildman–Crippen LogP) is 0.603. The van der Waals surface area contributed by atoms with Crippen molar-refractivity contribution in [1.82, 2.24) is 9.78 Å². The van der Waals surface area contributed by atoms with E-state index in [-0.39, 0.29) is 12.2 Å². The SMILES string of the molecule is Nc1cnn(CC(=O)Nc2cccc(F)c2)c(=O)c1. The van der Waals surface area contributed by atoms with Gasteiger partial charge in [0, 0.05) is 11.8 Å². The molecule has 2 rings (SSSR count). The molecule has 6 nitrogen and oxygen atoms in total. The van der Waals surface area contributed by atoms with E-state index in [1.165, 1.54) is 30.5 Å². The molecule has 1 amide bonds. The number of nitrogens with zero attached hydrogens (tertiary/aromatic N) is 2. The largest absolute Gasteiger partial charge is 0.397 e. The number of benzene rings is 1. The van der Waals surface area contributed by atoms with Crippen LogP contribution in [0, 0.1) is 5.82 Å². The third-order valence-corrected chi connectivity index (χ3v) is 2.29. The van der Waals surface area contributed by atoms with Crippen LogP contribution in [-0.2, 0) is 11.3 Å². The van der Waals surface area contributed by atoms with Crippen molar-refractivity contribution >= 4 is 17.3 Å². The summed E-state index contributed by atoms with van der Waals surface area (Å²) in [7, 11) is 0. The first-order chi connectivity index (χ1) is 9.04. The number of nitrogens with one attached hydrogen (secondary N) is 1. The van der Waals surface area contributed by atoms with E-state index in [9.17, 15) is 14.0 Å². The third kappa shape index (κ3) is 3.38. The normalized spacial score (nSPS) is 10.2. The summed E-state index contributed by atoms with van der Waals surface area (Å²) in [5.74, 6) is -0.939. The van der Waals surface area contributed by atoms with Crippen LogP contribution in [0.1, 0.15) is 0 Å². The van der Waals surface area contributed by atoms with Crippen LogP contribution in [0.2, 0.25) is 0 Å². The molecule has 0 bridgehead atoms. The number of rotatable bonds is 3. The summed E-state index contributed by atoms with van der Waals surface area (Å²) in [5.41, 5.74) is 5.44. The molecule has 1 aromatic carbocycles. The number of halogens is 1. The smallest absolute Gasteiger partial charge is 0.269 e. The molecule has 98 valence electrons. The van der Waals surface area contributed by atoms with Crippen LogP contribution in [-0.4, -0.2) is 15.7 Å². The van der Waals surface area contributed by atoms with Crippen LogP contribution in [0.5, 0.6) is 0 Å². The second-order valence-electron chi connectivity index (χ2n) is 3.84. The maximum Gasteiger partial charge on any atom is 0.269 e. The van der Waals surface area contributed by atoms with Gasteiger partial charge in [0.2, 0.25) is 5.91 Å². The zero-order valence-corrected chi connectivity index (χ0v) is 9.84.